The third-order valence-electron chi connectivity index (χ3n) is 2.34. The molecular formula is C12H10BrClN4O. The minimum Gasteiger partial charge on any atom is -0.324 e. The summed E-state index contributed by atoms with van der Waals surface area (Å²) in [6, 6.07) is 8.33. The lowest BCUT2D eigenvalue weighted by molar-refractivity contribution is 0.102. The zero-order valence-electron chi connectivity index (χ0n) is 9.65. The van der Waals surface area contributed by atoms with Gasteiger partial charge in [0.2, 0.25) is 0 Å². The first kappa shape index (κ1) is 13.8. The van der Waals surface area contributed by atoms with Crippen LogP contribution in [0.4, 0.5) is 11.4 Å². The summed E-state index contributed by atoms with van der Waals surface area (Å²) in [5.74, 6) is 4.93. The predicted octanol–water partition coefficient (Wildman–Crippen LogP) is 3.04. The number of carbonyl (C=O) groups is 1. The van der Waals surface area contributed by atoms with Crippen molar-refractivity contribution in [3.63, 3.8) is 0 Å². The van der Waals surface area contributed by atoms with Crippen LogP contribution in [0.3, 0.4) is 0 Å². The lowest BCUT2D eigenvalue weighted by atomic mass is 10.2. The fraction of sp³-hybridized carbons (Fsp3) is 0. The maximum Gasteiger partial charge on any atom is 0.274 e. The van der Waals surface area contributed by atoms with E-state index in [9.17, 15) is 4.79 Å². The number of nitrogens with two attached hydrogens (primary N) is 1. The smallest absolute Gasteiger partial charge is 0.274 e. The molecule has 19 heavy (non-hydrogen) atoms. The molecule has 0 unspecified atom stereocenters. The van der Waals surface area contributed by atoms with E-state index in [0.29, 0.717) is 16.4 Å². The van der Waals surface area contributed by atoms with E-state index in [1.54, 1.807) is 30.3 Å². The summed E-state index contributed by atoms with van der Waals surface area (Å²) in [7, 11) is 0. The number of rotatable bonds is 3. The maximum atomic E-state index is 12.0. The van der Waals surface area contributed by atoms with Crippen LogP contribution in [0.15, 0.2) is 41.0 Å². The summed E-state index contributed by atoms with van der Waals surface area (Å²) >= 11 is 9.21. The molecule has 0 aliphatic carbocycles. The molecule has 1 amide bonds. The Balaban J connectivity index is 2.22. The zero-order valence-corrected chi connectivity index (χ0v) is 12.0. The third kappa shape index (κ3) is 3.44. The van der Waals surface area contributed by atoms with Crippen LogP contribution in [0.1, 0.15) is 10.5 Å². The van der Waals surface area contributed by atoms with Crippen LogP contribution in [-0.4, -0.2) is 10.9 Å². The second-order valence-corrected chi connectivity index (χ2v) is 4.94. The van der Waals surface area contributed by atoms with Gasteiger partial charge in [-0.3, -0.25) is 15.6 Å². The number of hydrazine groups is 1. The highest BCUT2D eigenvalue weighted by molar-refractivity contribution is 9.10. The monoisotopic (exact) mass is 340 g/mol. The van der Waals surface area contributed by atoms with E-state index in [4.69, 9.17) is 17.4 Å². The standard InChI is InChI=1S/C12H10BrClN4O/c13-9-2-1-7(14)5-10(9)17-12(19)11-6-8(18-15)3-4-16-11/h1-6H,15H2,(H,16,18)(H,17,19). The number of nitrogen functional groups attached to an aromatic ring is 1. The SMILES string of the molecule is NNc1ccnc(C(=O)Nc2cc(Cl)ccc2Br)c1. The number of benzene rings is 1. The van der Waals surface area contributed by atoms with Gasteiger partial charge in [0.1, 0.15) is 5.69 Å². The van der Waals surface area contributed by atoms with E-state index >= 15 is 0 Å². The van der Waals surface area contributed by atoms with E-state index < -0.39 is 0 Å². The zero-order chi connectivity index (χ0) is 13.8. The number of halogens is 2. The van der Waals surface area contributed by atoms with E-state index in [1.165, 1.54) is 6.20 Å². The lowest BCUT2D eigenvalue weighted by Crippen LogP contribution is -2.15. The first-order chi connectivity index (χ1) is 9.10. The second-order valence-electron chi connectivity index (χ2n) is 3.65. The first-order valence-electron chi connectivity index (χ1n) is 5.29. The molecule has 1 heterocycles. The molecule has 0 atom stereocenters. The molecule has 0 fully saturated rings. The van der Waals surface area contributed by atoms with Gasteiger partial charge in [0.15, 0.2) is 0 Å². The fourth-order valence-corrected chi connectivity index (χ4v) is 1.94. The van der Waals surface area contributed by atoms with Crippen molar-refractivity contribution >= 4 is 44.8 Å². The quantitative estimate of drug-likeness (QED) is 0.592. The van der Waals surface area contributed by atoms with Gasteiger partial charge in [-0.25, -0.2) is 0 Å². The number of carbonyl (C=O) groups excluding carboxylic acids is 1. The molecule has 0 spiro atoms. The van der Waals surface area contributed by atoms with Crippen LogP contribution >= 0.6 is 27.5 Å². The number of amides is 1. The summed E-state index contributed by atoms with van der Waals surface area (Å²) in [6.45, 7) is 0. The van der Waals surface area contributed by atoms with Gasteiger partial charge in [0.25, 0.3) is 5.91 Å². The Morgan fingerprint density at radius 1 is 1.32 bits per heavy atom. The molecule has 2 aromatic rings. The average molecular weight is 342 g/mol. The summed E-state index contributed by atoms with van der Waals surface area (Å²) in [5, 5.41) is 3.25. The Morgan fingerprint density at radius 2 is 2.11 bits per heavy atom. The van der Waals surface area contributed by atoms with Crippen LogP contribution in [-0.2, 0) is 0 Å². The largest absolute Gasteiger partial charge is 0.324 e. The van der Waals surface area contributed by atoms with E-state index in [1.807, 2.05) is 0 Å². The topological polar surface area (TPSA) is 80.0 Å². The van der Waals surface area contributed by atoms with E-state index in [0.717, 1.165) is 4.47 Å². The summed E-state index contributed by atoms with van der Waals surface area (Å²) in [6.07, 6.45) is 1.50. The van der Waals surface area contributed by atoms with Crippen molar-refractivity contribution in [2.75, 3.05) is 10.7 Å². The highest BCUT2D eigenvalue weighted by atomic mass is 79.9. The van der Waals surface area contributed by atoms with Crippen molar-refractivity contribution in [3.8, 4) is 0 Å². The number of anilines is 2. The number of nitrogens with one attached hydrogen (secondary N) is 2. The fourth-order valence-electron chi connectivity index (χ4n) is 1.42. The highest BCUT2D eigenvalue weighted by Gasteiger charge is 2.10. The van der Waals surface area contributed by atoms with Crippen LogP contribution < -0.4 is 16.6 Å². The van der Waals surface area contributed by atoms with Crippen molar-refractivity contribution in [3.05, 3.63) is 51.7 Å². The number of hydrogen-bond donors (Lipinski definition) is 3. The molecule has 98 valence electrons. The van der Waals surface area contributed by atoms with Crippen LogP contribution in [0, 0.1) is 0 Å². The Bertz CT molecular complexity index is 620. The van der Waals surface area contributed by atoms with Gasteiger partial charge in [0, 0.05) is 15.7 Å². The molecule has 7 heteroatoms. The van der Waals surface area contributed by atoms with E-state index in [-0.39, 0.29) is 11.6 Å². The van der Waals surface area contributed by atoms with Crippen molar-refractivity contribution in [1.82, 2.24) is 4.98 Å². The average Bonchev–Trinajstić information content (AvgIpc) is 2.43. The van der Waals surface area contributed by atoms with Crippen LogP contribution in [0.5, 0.6) is 0 Å². The maximum absolute atomic E-state index is 12.0. The highest BCUT2D eigenvalue weighted by Crippen LogP contribution is 2.26. The Hall–Kier alpha value is -1.63. The number of aromatic nitrogens is 1. The molecule has 1 aromatic heterocycles. The molecule has 0 bridgehead atoms. The predicted molar refractivity (Wildman–Crippen MR) is 79.2 cm³/mol. The normalized spacial score (nSPS) is 10.1. The molecule has 5 nitrogen and oxygen atoms in total. The Labute approximate surface area is 123 Å². The molecule has 0 aliphatic rings. The minimum absolute atomic E-state index is 0.252. The number of pyridine rings is 1. The van der Waals surface area contributed by atoms with Gasteiger partial charge in [0.05, 0.1) is 11.4 Å². The van der Waals surface area contributed by atoms with Crippen LogP contribution in [0.2, 0.25) is 5.02 Å². The van der Waals surface area contributed by atoms with Gasteiger partial charge in [-0.15, -0.1) is 0 Å². The van der Waals surface area contributed by atoms with Crippen molar-refractivity contribution in [2.24, 2.45) is 5.84 Å². The van der Waals surface area contributed by atoms with Gasteiger partial charge < -0.3 is 10.7 Å². The van der Waals surface area contributed by atoms with Gasteiger partial charge >= 0.3 is 0 Å². The summed E-state index contributed by atoms with van der Waals surface area (Å²) in [4.78, 5) is 16.0. The van der Waals surface area contributed by atoms with E-state index in [2.05, 4.69) is 31.7 Å². The molecule has 1 aromatic carbocycles. The van der Waals surface area contributed by atoms with Gasteiger partial charge in [-0.2, -0.15) is 0 Å². The third-order valence-corrected chi connectivity index (χ3v) is 3.26. The summed E-state index contributed by atoms with van der Waals surface area (Å²) in [5.41, 5.74) is 3.88. The Morgan fingerprint density at radius 3 is 2.84 bits per heavy atom. The molecule has 4 N–H and O–H groups in total. The lowest BCUT2D eigenvalue weighted by Gasteiger charge is -2.08. The minimum atomic E-state index is -0.347. The van der Waals surface area contributed by atoms with Crippen molar-refractivity contribution in [1.29, 1.82) is 0 Å². The Kier molecular flexibility index (Phi) is 4.36. The summed E-state index contributed by atoms with van der Waals surface area (Å²) < 4.78 is 0.735. The molecular weight excluding hydrogens is 332 g/mol. The van der Waals surface area contributed by atoms with Crippen molar-refractivity contribution < 1.29 is 4.79 Å². The molecule has 0 saturated carbocycles. The second kappa shape index (κ2) is 6.01. The van der Waals surface area contributed by atoms with Crippen LogP contribution in [0.25, 0.3) is 0 Å². The number of hydrogen-bond acceptors (Lipinski definition) is 4. The molecule has 0 aliphatic heterocycles. The molecule has 0 saturated heterocycles. The molecule has 0 radical (unpaired) electrons. The van der Waals surface area contributed by atoms with Gasteiger partial charge in [-0.1, -0.05) is 11.6 Å². The van der Waals surface area contributed by atoms with Crippen molar-refractivity contribution in [2.45, 2.75) is 0 Å². The van der Waals surface area contributed by atoms with Gasteiger partial charge in [-0.05, 0) is 46.3 Å². The molecule has 2 rings (SSSR count). The number of nitrogens with zero attached hydrogens (tertiary/aromatic N) is 1. The first-order valence-corrected chi connectivity index (χ1v) is 6.46.